The second-order valence-electron chi connectivity index (χ2n) is 7.10. The number of amides is 2. The lowest BCUT2D eigenvalue weighted by Crippen LogP contribution is -2.27. The number of ether oxygens (including phenoxy) is 2. The molecule has 0 saturated carbocycles. The molecular formula is C21H19N5O5. The van der Waals surface area contributed by atoms with E-state index in [-0.39, 0.29) is 18.3 Å². The summed E-state index contributed by atoms with van der Waals surface area (Å²) in [6, 6.07) is 13.0. The zero-order chi connectivity index (χ0) is 21.2. The summed E-state index contributed by atoms with van der Waals surface area (Å²) in [4.78, 5) is 31.4. The maximum atomic E-state index is 12.3. The van der Waals surface area contributed by atoms with E-state index >= 15 is 0 Å². The molecule has 3 aromatic rings. The first kappa shape index (κ1) is 18.9. The van der Waals surface area contributed by atoms with E-state index in [1.165, 1.54) is 11.2 Å². The van der Waals surface area contributed by atoms with Gasteiger partial charge in [-0.2, -0.15) is 0 Å². The SMILES string of the molecule is O=C1O[C@@H](CNc2ccon2)CN1c1ccc(-c2ccc(N3CCOC3=O)nc2)cc1. The highest BCUT2D eigenvalue weighted by Gasteiger charge is 2.32. The van der Waals surface area contributed by atoms with Gasteiger partial charge in [-0.1, -0.05) is 17.3 Å². The van der Waals surface area contributed by atoms with Gasteiger partial charge < -0.3 is 19.3 Å². The lowest BCUT2D eigenvalue weighted by Gasteiger charge is -2.14. The zero-order valence-electron chi connectivity index (χ0n) is 16.4. The number of hydrogen-bond acceptors (Lipinski definition) is 8. The quantitative estimate of drug-likeness (QED) is 0.646. The first-order valence-corrected chi connectivity index (χ1v) is 9.80. The van der Waals surface area contributed by atoms with Gasteiger partial charge in [0.05, 0.1) is 19.6 Å². The number of rotatable bonds is 6. The molecule has 0 aliphatic carbocycles. The molecule has 2 aromatic heterocycles. The van der Waals surface area contributed by atoms with Crippen LogP contribution in [0.5, 0.6) is 0 Å². The average Bonchev–Trinajstić information content (AvgIpc) is 3.54. The number of pyridine rings is 1. The van der Waals surface area contributed by atoms with Crippen molar-refractivity contribution in [3.8, 4) is 11.1 Å². The van der Waals surface area contributed by atoms with E-state index in [0.29, 0.717) is 37.9 Å². The Morgan fingerprint density at radius 2 is 1.84 bits per heavy atom. The molecule has 4 heterocycles. The van der Waals surface area contributed by atoms with Crippen LogP contribution in [-0.2, 0) is 9.47 Å². The minimum absolute atomic E-state index is 0.294. The second kappa shape index (κ2) is 7.98. The van der Waals surface area contributed by atoms with Crippen molar-refractivity contribution in [3.05, 3.63) is 54.9 Å². The summed E-state index contributed by atoms with van der Waals surface area (Å²) in [6.45, 7) is 1.75. The van der Waals surface area contributed by atoms with E-state index in [0.717, 1.165) is 16.8 Å². The fourth-order valence-electron chi connectivity index (χ4n) is 3.51. The van der Waals surface area contributed by atoms with E-state index < -0.39 is 0 Å². The molecular weight excluding hydrogens is 402 g/mol. The molecule has 10 heteroatoms. The summed E-state index contributed by atoms with van der Waals surface area (Å²) in [5.41, 5.74) is 2.60. The van der Waals surface area contributed by atoms with Crippen molar-refractivity contribution < 1.29 is 23.6 Å². The number of anilines is 3. The smallest absolute Gasteiger partial charge is 0.415 e. The Morgan fingerprint density at radius 1 is 1.00 bits per heavy atom. The molecule has 5 rings (SSSR count). The lowest BCUT2D eigenvalue weighted by molar-refractivity contribution is 0.147. The number of carbonyl (C=O) groups excluding carboxylic acids is 2. The molecule has 1 N–H and O–H groups in total. The number of aromatic nitrogens is 2. The van der Waals surface area contributed by atoms with E-state index in [2.05, 4.69) is 15.5 Å². The van der Waals surface area contributed by atoms with E-state index in [1.807, 2.05) is 30.3 Å². The normalized spacial score (nSPS) is 18.3. The third kappa shape index (κ3) is 3.87. The van der Waals surface area contributed by atoms with Crippen LogP contribution in [-0.4, -0.2) is 54.7 Å². The van der Waals surface area contributed by atoms with Crippen LogP contribution in [0.1, 0.15) is 0 Å². The molecule has 0 spiro atoms. The first-order chi connectivity index (χ1) is 15.2. The number of nitrogens with zero attached hydrogens (tertiary/aromatic N) is 4. The summed E-state index contributed by atoms with van der Waals surface area (Å²) < 4.78 is 15.1. The molecule has 0 unspecified atom stereocenters. The van der Waals surface area contributed by atoms with Crippen LogP contribution in [0.25, 0.3) is 11.1 Å². The maximum absolute atomic E-state index is 12.3. The maximum Gasteiger partial charge on any atom is 0.415 e. The predicted molar refractivity (Wildman–Crippen MR) is 111 cm³/mol. The minimum atomic E-state index is -0.386. The molecule has 0 bridgehead atoms. The van der Waals surface area contributed by atoms with Gasteiger partial charge in [0.25, 0.3) is 0 Å². The summed E-state index contributed by atoms with van der Waals surface area (Å²) in [5, 5.41) is 6.84. The zero-order valence-corrected chi connectivity index (χ0v) is 16.4. The Bertz CT molecular complexity index is 1070. The molecule has 158 valence electrons. The molecule has 31 heavy (non-hydrogen) atoms. The second-order valence-corrected chi connectivity index (χ2v) is 7.10. The third-order valence-corrected chi connectivity index (χ3v) is 5.12. The molecule has 0 radical (unpaired) electrons. The van der Waals surface area contributed by atoms with Crippen molar-refractivity contribution in [2.24, 2.45) is 0 Å². The van der Waals surface area contributed by atoms with Gasteiger partial charge in [-0.15, -0.1) is 0 Å². The number of nitrogens with one attached hydrogen (secondary N) is 1. The van der Waals surface area contributed by atoms with Crippen LogP contribution < -0.4 is 15.1 Å². The number of cyclic esters (lactones) is 2. The molecule has 2 saturated heterocycles. The Kier molecular flexibility index (Phi) is 4.87. The summed E-state index contributed by atoms with van der Waals surface area (Å²) in [5.74, 6) is 1.16. The Hall–Kier alpha value is -4.08. The summed E-state index contributed by atoms with van der Waals surface area (Å²) in [6.07, 6.45) is 2.13. The van der Waals surface area contributed by atoms with Crippen molar-refractivity contribution in [2.45, 2.75) is 6.10 Å². The van der Waals surface area contributed by atoms with Crippen molar-refractivity contribution in [1.29, 1.82) is 0 Å². The molecule has 10 nitrogen and oxygen atoms in total. The molecule has 2 aliphatic rings. The summed E-state index contributed by atoms with van der Waals surface area (Å²) in [7, 11) is 0. The van der Waals surface area contributed by atoms with Crippen LogP contribution in [0.2, 0.25) is 0 Å². The van der Waals surface area contributed by atoms with Gasteiger partial charge in [0, 0.05) is 23.5 Å². The third-order valence-electron chi connectivity index (χ3n) is 5.12. The van der Waals surface area contributed by atoms with Gasteiger partial charge in [0.1, 0.15) is 24.8 Å². The average molecular weight is 421 g/mol. The highest BCUT2D eigenvalue weighted by Crippen LogP contribution is 2.27. The fraction of sp³-hybridized carbons (Fsp3) is 0.238. The predicted octanol–water partition coefficient (Wildman–Crippen LogP) is 3.13. The standard InChI is InChI=1S/C21H19N5O5/c27-20-25(8-10-29-20)19-6-3-15(11-23-19)14-1-4-16(5-2-14)26-13-17(31-21(26)28)12-22-18-7-9-30-24-18/h1-7,9,11,17H,8,10,12-13H2,(H,22,24)/t17-/m0/s1. The van der Waals surface area contributed by atoms with Gasteiger partial charge in [-0.25, -0.2) is 14.6 Å². The minimum Gasteiger partial charge on any atom is -0.447 e. The van der Waals surface area contributed by atoms with E-state index in [1.54, 1.807) is 23.2 Å². The van der Waals surface area contributed by atoms with Gasteiger partial charge >= 0.3 is 12.2 Å². The van der Waals surface area contributed by atoms with E-state index in [4.69, 9.17) is 14.0 Å². The topological polar surface area (TPSA) is 110 Å². The molecule has 2 fully saturated rings. The van der Waals surface area contributed by atoms with Gasteiger partial charge in [-0.05, 0) is 29.8 Å². The molecule has 1 aromatic carbocycles. The fourth-order valence-corrected chi connectivity index (χ4v) is 3.51. The molecule has 2 aliphatic heterocycles. The Morgan fingerprint density at radius 3 is 2.52 bits per heavy atom. The Labute approximate surface area is 177 Å². The van der Waals surface area contributed by atoms with Crippen molar-refractivity contribution in [3.63, 3.8) is 0 Å². The van der Waals surface area contributed by atoms with Crippen LogP contribution >= 0.6 is 0 Å². The van der Waals surface area contributed by atoms with Crippen LogP contribution in [0.3, 0.4) is 0 Å². The van der Waals surface area contributed by atoms with Gasteiger partial charge in [-0.3, -0.25) is 9.80 Å². The van der Waals surface area contributed by atoms with E-state index in [9.17, 15) is 9.59 Å². The van der Waals surface area contributed by atoms with Gasteiger partial charge in [0.2, 0.25) is 0 Å². The van der Waals surface area contributed by atoms with Crippen molar-refractivity contribution in [2.75, 3.05) is 41.4 Å². The van der Waals surface area contributed by atoms with Crippen molar-refractivity contribution >= 4 is 29.5 Å². The highest BCUT2D eigenvalue weighted by atomic mass is 16.6. The lowest BCUT2D eigenvalue weighted by atomic mass is 10.1. The highest BCUT2D eigenvalue weighted by molar-refractivity contribution is 5.90. The van der Waals surface area contributed by atoms with Crippen LogP contribution in [0, 0.1) is 0 Å². The van der Waals surface area contributed by atoms with Crippen LogP contribution in [0.15, 0.2) is 59.4 Å². The largest absolute Gasteiger partial charge is 0.447 e. The van der Waals surface area contributed by atoms with Crippen LogP contribution in [0.4, 0.5) is 26.9 Å². The number of carbonyl (C=O) groups is 2. The molecule has 1 atom stereocenters. The first-order valence-electron chi connectivity index (χ1n) is 9.80. The monoisotopic (exact) mass is 421 g/mol. The molecule has 2 amide bonds. The summed E-state index contributed by atoms with van der Waals surface area (Å²) >= 11 is 0. The number of hydrogen-bond donors (Lipinski definition) is 1. The number of benzene rings is 1. The van der Waals surface area contributed by atoms with Crippen molar-refractivity contribution in [1.82, 2.24) is 10.1 Å². The van der Waals surface area contributed by atoms with Gasteiger partial charge in [0.15, 0.2) is 5.82 Å². The Balaban J connectivity index is 1.23.